The van der Waals surface area contributed by atoms with E-state index < -0.39 is 5.41 Å². The van der Waals surface area contributed by atoms with Crippen LogP contribution in [0.1, 0.15) is 57.9 Å². The first-order valence-electron chi connectivity index (χ1n) is 7.57. The Kier molecular flexibility index (Phi) is 4.69. The highest BCUT2D eigenvalue weighted by atomic mass is 16.5. The second kappa shape index (κ2) is 6.29. The molecule has 1 fully saturated rings. The van der Waals surface area contributed by atoms with E-state index in [9.17, 15) is 9.90 Å². The van der Waals surface area contributed by atoms with Gasteiger partial charge in [-0.3, -0.25) is 4.79 Å². The first-order chi connectivity index (χ1) is 9.56. The zero-order chi connectivity index (χ0) is 14.6. The van der Waals surface area contributed by atoms with Crippen LogP contribution in [0.25, 0.3) is 0 Å². The molecule has 3 nitrogen and oxygen atoms in total. The van der Waals surface area contributed by atoms with Crippen molar-refractivity contribution in [3.05, 3.63) is 29.8 Å². The predicted octanol–water partition coefficient (Wildman–Crippen LogP) is 3.94. The average Bonchev–Trinajstić information content (AvgIpc) is 2.48. The molecule has 1 aromatic rings. The molecule has 0 amide bonds. The van der Waals surface area contributed by atoms with Gasteiger partial charge in [-0.05, 0) is 56.7 Å². The number of hydrogen-bond donors (Lipinski definition) is 1. The maximum absolute atomic E-state index is 12.6. The van der Waals surface area contributed by atoms with Crippen molar-refractivity contribution < 1.29 is 14.6 Å². The quantitative estimate of drug-likeness (QED) is 0.847. The summed E-state index contributed by atoms with van der Waals surface area (Å²) in [4.78, 5) is 12.6. The largest absolute Gasteiger partial charge is 0.508 e. The maximum atomic E-state index is 12.6. The Morgan fingerprint density at radius 3 is 2.40 bits per heavy atom. The molecular weight excluding hydrogens is 252 g/mol. The van der Waals surface area contributed by atoms with Crippen LogP contribution in [0.3, 0.4) is 0 Å². The van der Waals surface area contributed by atoms with Crippen molar-refractivity contribution in [1.29, 1.82) is 0 Å². The number of carbonyl (C=O) groups is 1. The number of ether oxygens (including phenoxy) is 1. The van der Waals surface area contributed by atoms with Gasteiger partial charge in [0.25, 0.3) is 0 Å². The van der Waals surface area contributed by atoms with E-state index in [0.717, 1.165) is 31.2 Å². The minimum atomic E-state index is -0.634. The molecule has 110 valence electrons. The number of carbonyl (C=O) groups excluding carboxylic acids is 1. The molecule has 0 spiro atoms. The topological polar surface area (TPSA) is 46.5 Å². The minimum Gasteiger partial charge on any atom is -0.508 e. The Morgan fingerprint density at radius 2 is 1.85 bits per heavy atom. The van der Waals surface area contributed by atoms with Crippen molar-refractivity contribution in [1.82, 2.24) is 0 Å². The van der Waals surface area contributed by atoms with E-state index in [-0.39, 0.29) is 17.8 Å². The van der Waals surface area contributed by atoms with Crippen LogP contribution in [0.5, 0.6) is 5.75 Å². The van der Waals surface area contributed by atoms with Gasteiger partial charge in [0.2, 0.25) is 0 Å². The highest BCUT2D eigenvalue weighted by Crippen LogP contribution is 2.32. The van der Waals surface area contributed by atoms with Crippen LogP contribution in [0.4, 0.5) is 0 Å². The van der Waals surface area contributed by atoms with Crippen LogP contribution in [-0.4, -0.2) is 17.2 Å². The lowest BCUT2D eigenvalue weighted by Gasteiger charge is -2.30. The number of phenolic OH excluding ortho intramolecular Hbond substituents is 1. The summed E-state index contributed by atoms with van der Waals surface area (Å²) in [6.45, 7) is 3.92. The van der Waals surface area contributed by atoms with Crippen LogP contribution >= 0.6 is 0 Å². The Morgan fingerprint density at radius 1 is 1.25 bits per heavy atom. The minimum absolute atomic E-state index is 0.0826. The number of phenols is 1. The van der Waals surface area contributed by atoms with Crippen molar-refractivity contribution in [3.63, 3.8) is 0 Å². The molecule has 2 rings (SSSR count). The van der Waals surface area contributed by atoms with Gasteiger partial charge >= 0.3 is 5.97 Å². The van der Waals surface area contributed by atoms with Crippen molar-refractivity contribution in [2.24, 2.45) is 0 Å². The monoisotopic (exact) mass is 276 g/mol. The zero-order valence-corrected chi connectivity index (χ0v) is 12.4. The summed E-state index contributed by atoms with van der Waals surface area (Å²) < 4.78 is 5.73. The number of aromatic hydroxyl groups is 1. The summed E-state index contributed by atoms with van der Waals surface area (Å²) in [5, 5.41) is 9.38. The molecule has 1 aliphatic rings. The summed E-state index contributed by atoms with van der Waals surface area (Å²) >= 11 is 0. The van der Waals surface area contributed by atoms with Gasteiger partial charge in [-0.2, -0.15) is 0 Å². The molecule has 1 atom stereocenters. The Labute approximate surface area is 121 Å². The standard InChI is InChI=1S/C17H24O3/c1-3-17(2,13-9-11-14(18)12-10-13)16(19)20-15-7-5-4-6-8-15/h9-12,15,18H,3-8H2,1-2H3. The first kappa shape index (κ1) is 14.9. The van der Waals surface area contributed by atoms with Gasteiger partial charge in [-0.1, -0.05) is 25.5 Å². The number of hydrogen-bond acceptors (Lipinski definition) is 3. The molecule has 0 radical (unpaired) electrons. The Balaban J connectivity index is 2.12. The van der Waals surface area contributed by atoms with E-state index >= 15 is 0 Å². The van der Waals surface area contributed by atoms with Gasteiger partial charge in [-0.25, -0.2) is 0 Å². The van der Waals surface area contributed by atoms with Crippen molar-refractivity contribution in [2.75, 3.05) is 0 Å². The third-order valence-electron chi connectivity index (χ3n) is 4.49. The SMILES string of the molecule is CCC(C)(C(=O)OC1CCCCC1)c1ccc(O)cc1. The third kappa shape index (κ3) is 3.14. The molecule has 1 saturated carbocycles. The normalized spacial score (nSPS) is 19.3. The Hall–Kier alpha value is -1.51. The summed E-state index contributed by atoms with van der Waals surface area (Å²) in [5.74, 6) is 0.0745. The van der Waals surface area contributed by atoms with Crippen LogP contribution in [0, 0.1) is 0 Å². The van der Waals surface area contributed by atoms with Crippen molar-refractivity contribution >= 4 is 5.97 Å². The van der Waals surface area contributed by atoms with E-state index in [1.807, 2.05) is 13.8 Å². The molecule has 0 bridgehead atoms. The van der Waals surface area contributed by atoms with Gasteiger partial charge in [0.1, 0.15) is 11.9 Å². The van der Waals surface area contributed by atoms with Crippen LogP contribution in [0.15, 0.2) is 24.3 Å². The zero-order valence-electron chi connectivity index (χ0n) is 12.4. The number of esters is 1. The fourth-order valence-electron chi connectivity index (χ4n) is 2.76. The fraction of sp³-hybridized carbons (Fsp3) is 0.588. The van der Waals surface area contributed by atoms with Crippen LogP contribution in [0.2, 0.25) is 0 Å². The molecule has 1 aromatic carbocycles. The summed E-state index contributed by atoms with van der Waals surface area (Å²) in [5.41, 5.74) is 0.268. The summed E-state index contributed by atoms with van der Waals surface area (Å²) in [7, 11) is 0. The van der Waals surface area contributed by atoms with E-state index in [0.29, 0.717) is 6.42 Å². The maximum Gasteiger partial charge on any atom is 0.316 e. The summed E-state index contributed by atoms with van der Waals surface area (Å²) in [6.07, 6.45) is 6.29. The van der Waals surface area contributed by atoms with E-state index in [2.05, 4.69) is 0 Å². The molecule has 0 saturated heterocycles. The first-order valence-corrected chi connectivity index (χ1v) is 7.57. The van der Waals surface area contributed by atoms with Crippen molar-refractivity contribution in [3.8, 4) is 5.75 Å². The van der Waals surface area contributed by atoms with Gasteiger partial charge < -0.3 is 9.84 Å². The molecule has 1 unspecified atom stereocenters. The van der Waals surface area contributed by atoms with Crippen LogP contribution < -0.4 is 0 Å². The van der Waals surface area contributed by atoms with Gasteiger partial charge in [0, 0.05) is 0 Å². The van der Waals surface area contributed by atoms with Crippen LogP contribution in [-0.2, 0) is 14.9 Å². The molecular formula is C17H24O3. The lowest BCUT2D eigenvalue weighted by molar-refractivity contribution is -0.157. The second-order valence-corrected chi connectivity index (χ2v) is 5.90. The molecule has 3 heteroatoms. The third-order valence-corrected chi connectivity index (χ3v) is 4.49. The molecule has 0 aromatic heterocycles. The summed E-state index contributed by atoms with van der Waals surface area (Å²) in [6, 6.07) is 6.86. The highest BCUT2D eigenvalue weighted by molar-refractivity contribution is 5.82. The van der Waals surface area contributed by atoms with E-state index in [1.165, 1.54) is 6.42 Å². The predicted molar refractivity (Wildman–Crippen MR) is 78.7 cm³/mol. The molecule has 1 N–H and O–H groups in total. The molecule has 1 aliphatic carbocycles. The highest BCUT2D eigenvalue weighted by Gasteiger charge is 2.36. The average molecular weight is 276 g/mol. The number of benzene rings is 1. The van der Waals surface area contributed by atoms with E-state index in [1.54, 1.807) is 24.3 Å². The Bertz CT molecular complexity index is 446. The van der Waals surface area contributed by atoms with Gasteiger partial charge in [0.15, 0.2) is 0 Å². The van der Waals surface area contributed by atoms with Gasteiger partial charge in [-0.15, -0.1) is 0 Å². The second-order valence-electron chi connectivity index (χ2n) is 5.90. The number of rotatable bonds is 4. The molecule has 0 heterocycles. The molecule has 0 aliphatic heterocycles. The molecule has 20 heavy (non-hydrogen) atoms. The fourth-order valence-corrected chi connectivity index (χ4v) is 2.76. The van der Waals surface area contributed by atoms with E-state index in [4.69, 9.17) is 4.74 Å². The lowest BCUT2D eigenvalue weighted by Crippen LogP contribution is -2.36. The lowest BCUT2D eigenvalue weighted by atomic mass is 9.80. The smallest absolute Gasteiger partial charge is 0.316 e. The van der Waals surface area contributed by atoms with Gasteiger partial charge in [0.05, 0.1) is 5.41 Å². The van der Waals surface area contributed by atoms with Crippen molar-refractivity contribution in [2.45, 2.75) is 63.9 Å².